The van der Waals surface area contributed by atoms with Crippen LogP contribution in [0.3, 0.4) is 0 Å². The van der Waals surface area contributed by atoms with Gasteiger partial charge in [0.1, 0.15) is 0 Å². The van der Waals surface area contributed by atoms with Gasteiger partial charge in [0.25, 0.3) is 0 Å². The van der Waals surface area contributed by atoms with Crippen molar-refractivity contribution >= 4 is 0 Å². The van der Waals surface area contributed by atoms with Crippen LogP contribution in [0.2, 0.25) is 0 Å². The molecule has 1 aromatic carbocycles. The molecular formula is C13H17NO3. The van der Waals surface area contributed by atoms with Gasteiger partial charge in [0.05, 0.1) is 6.10 Å². The summed E-state index contributed by atoms with van der Waals surface area (Å²) in [6.07, 6.45) is 1.40. The Hall–Kier alpha value is -1.26. The van der Waals surface area contributed by atoms with Crippen molar-refractivity contribution in [3.05, 3.63) is 23.8 Å². The zero-order chi connectivity index (χ0) is 11.7. The largest absolute Gasteiger partial charge is 0.454 e. The highest BCUT2D eigenvalue weighted by molar-refractivity contribution is 5.44. The van der Waals surface area contributed by atoms with Gasteiger partial charge in [0.15, 0.2) is 11.5 Å². The van der Waals surface area contributed by atoms with E-state index in [0.717, 1.165) is 31.1 Å². The Kier molecular flexibility index (Phi) is 2.91. The van der Waals surface area contributed by atoms with Crippen molar-refractivity contribution in [2.75, 3.05) is 13.4 Å². The summed E-state index contributed by atoms with van der Waals surface area (Å²) in [6.45, 7) is 4.15. The molecule has 0 bridgehead atoms. The summed E-state index contributed by atoms with van der Waals surface area (Å²) in [6, 6.07) is 6.53. The Bertz CT molecular complexity index is 408. The van der Waals surface area contributed by atoms with E-state index in [-0.39, 0.29) is 0 Å². The van der Waals surface area contributed by atoms with Gasteiger partial charge in [-0.15, -0.1) is 0 Å². The summed E-state index contributed by atoms with van der Waals surface area (Å²) in [5, 5.41) is 3.52. The third-order valence-electron chi connectivity index (χ3n) is 3.38. The van der Waals surface area contributed by atoms with Gasteiger partial charge in [-0.3, -0.25) is 0 Å². The van der Waals surface area contributed by atoms with Gasteiger partial charge in [-0.2, -0.15) is 0 Å². The van der Waals surface area contributed by atoms with E-state index in [4.69, 9.17) is 14.2 Å². The van der Waals surface area contributed by atoms with Crippen LogP contribution in [0.5, 0.6) is 11.5 Å². The average molecular weight is 235 g/mol. The van der Waals surface area contributed by atoms with Crippen LogP contribution in [0.15, 0.2) is 18.2 Å². The minimum Gasteiger partial charge on any atom is -0.454 e. The third-order valence-corrected chi connectivity index (χ3v) is 3.38. The second kappa shape index (κ2) is 4.55. The van der Waals surface area contributed by atoms with Gasteiger partial charge < -0.3 is 19.5 Å². The Morgan fingerprint density at radius 1 is 1.29 bits per heavy atom. The molecule has 92 valence electrons. The number of hydrogen-bond donors (Lipinski definition) is 1. The monoisotopic (exact) mass is 235 g/mol. The number of hydrogen-bond acceptors (Lipinski definition) is 4. The molecule has 0 saturated carbocycles. The molecule has 1 aromatic rings. The molecule has 3 rings (SSSR count). The molecule has 4 heteroatoms. The Balaban J connectivity index is 1.61. The van der Waals surface area contributed by atoms with Gasteiger partial charge in [0, 0.05) is 19.2 Å². The summed E-state index contributed by atoms with van der Waals surface area (Å²) in [4.78, 5) is 0. The standard InChI is InChI=1S/C13H17NO3/c1-9-11(4-5-15-9)14-7-10-2-3-12-13(6-10)17-8-16-12/h2-3,6,9,11,14H,4-5,7-8H2,1H3. The van der Waals surface area contributed by atoms with Crippen LogP contribution in [0.25, 0.3) is 0 Å². The molecule has 2 unspecified atom stereocenters. The highest BCUT2D eigenvalue weighted by Crippen LogP contribution is 2.32. The predicted octanol–water partition coefficient (Wildman–Crippen LogP) is 1.68. The van der Waals surface area contributed by atoms with Gasteiger partial charge in [-0.25, -0.2) is 0 Å². The molecule has 2 aliphatic heterocycles. The van der Waals surface area contributed by atoms with Crippen LogP contribution in [0.1, 0.15) is 18.9 Å². The molecular weight excluding hydrogens is 218 g/mol. The Labute approximate surface area is 101 Å². The maximum Gasteiger partial charge on any atom is 0.231 e. The highest BCUT2D eigenvalue weighted by atomic mass is 16.7. The van der Waals surface area contributed by atoms with E-state index < -0.39 is 0 Å². The molecule has 2 atom stereocenters. The fraction of sp³-hybridized carbons (Fsp3) is 0.538. The van der Waals surface area contributed by atoms with E-state index in [2.05, 4.69) is 18.3 Å². The number of rotatable bonds is 3. The van der Waals surface area contributed by atoms with Crippen molar-refractivity contribution < 1.29 is 14.2 Å². The van der Waals surface area contributed by atoms with Crippen molar-refractivity contribution in [2.24, 2.45) is 0 Å². The van der Waals surface area contributed by atoms with Crippen molar-refractivity contribution in [1.82, 2.24) is 5.32 Å². The number of ether oxygens (including phenoxy) is 3. The van der Waals surface area contributed by atoms with Crippen molar-refractivity contribution in [3.8, 4) is 11.5 Å². The Morgan fingerprint density at radius 3 is 3.00 bits per heavy atom. The predicted molar refractivity (Wildman–Crippen MR) is 63.2 cm³/mol. The van der Waals surface area contributed by atoms with E-state index in [9.17, 15) is 0 Å². The summed E-state index contributed by atoms with van der Waals surface area (Å²) in [5.74, 6) is 1.69. The van der Waals surface area contributed by atoms with E-state index in [1.54, 1.807) is 0 Å². The Morgan fingerprint density at radius 2 is 2.18 bits per heavy atom. The normalized spacial score (nSPS) is 26.4. The van der Waals surface area contributed by atoms with E-state index in [1.165, 1.54) is 5.56 Å². The lowest BCUT2D eigenvalue weighted by molar-refractivity contribution is 0.113. The minimum atomic E-state index is 0.309. The summed E-state index contributed by atoms with van der Waals surface area (Å²) in [7, 11) is 0. The van der Waals surface area contributed by atoms with Gasteiger partial charge in [-0.1, -0.05) is 6.07 Å². The van der Waals surface area contributed by atoms with Crippen LogP contribution < -0.4 is 14.8 Å². The quantitative estimate of drug-likeness (QED) is 0.865. The zero-order valence-electron chi connectivity index (χ0n) is 9.94. The molecule has 0 spiro atoms. The lowest BCUT2D eigenvalue weighted by atomic mass is 10.1. The third kappa shape index (κ3) is 2.23. The van der Waals surface area contributed by atoms with Crippen LogP contribution in [-0.4, -0.2) is 25.5 Å². The smallest absolute Gasteiger partial charge is 0.231 e. The average Bonchev–Trinajstić information content (AvgIpc) is 2.94. The topological polar surface area (TPSA) is 39.7 Å². The number of fused-ring (bicyclic) bond motifs is 1. The lowest BCUT2D eigenvalue weighted by Gasteiger charge is -2.16. The first kappa shape index (κ1) is 10.9. The van der Waals surface area contributed by atoms with Gasteiger partial charge in [-0.05, 0) is 31.0 Å². The number of benzene rings is 1. The molecule has 1 N–H and O–H groups in total. The van der Waals surface area contributed by atoms with E-state index in [1.807, 2.05) is 12.1 Å². The molecule has 0 aromatic heterocycles. The highest BCUT2D eigenvalue weighted by Gasteiger charge is 2.23. The molecule has 0 amide bonds. The fourth-order valence-corrected chi connectivity index (χ4v) is 2.30. The molecule has 1 saturated heterocycles. The minimum absolute atomic E-state index is 0.309. The second-order valence-corrected chi connectivity index (χ2v) is 4.54. The van der Waals surface area contributed by atoms with Crippen LogP contribution in [-0.2, 0) is 11.3 Å². The fourth-order valence-electron chi connectivity index (χ4n) is 2.30. The van der Waals surface area contributed by atoms with Gasteiger partial charge in [0.2, 0.25) is 6.79 Å². The molecule has 0 aliphatic carbocycles. The zero-order valence-corrected chi connectivity index (χ0v) is 9.94. The first-order valence-electron chi connectivity index (χ1n) is 6.06. The maximum atomic E-state index is 5.52. The van der Waals surface area contributed by atoms with Crippen molar-refractivity contribution in [1.29, 1.82) is 0 Å². The first-order valence-corrected chi connectivity index (χ1v) is 6.06. The summed E-state index contributed by atoms with van der Waals surface area (Å²) >= 11 is 0. The molecule has 1 fully saturated rings. The van der Waals surface area contributed by atoms with Crippen LogP contribution in [0.4, 0.5) is 0 Å². The first-order chi connectivity index (χ1) is 8.33. The van der Waals surface area contributed by atoms with E-state index >= 15 is 0 Å². The van der Waals surface area contributed by atoms with Crippen molar-refractivity contribution in [2.45, 2.75) is 32.0 Å². The van der Waals surface area contributed by atoms with Crippen LogP contribution in [0, 0.1) is 0 Å². The molecule has 0 radical (unpaired) electrons. The SMILES string of the molecule is CC1OCCC1NCc1ccc2c(c1)OCO2. The molecule has 2 heterocycles. The summed E-state index contributed by atoms with van der Waals surface area (Å²) in [5.41, 5.74) is 1.22. The second-order valence-electron chi connectivity index (χ2n) is 4.54. The summed E-state index contributed by atoms with van der Waals surface area (Å²) < 4.78 is 16.2. The van der Waals surface area contributed by atoms with Crippen LogP contribution >= 0.6 is 0 Å². The molecule has 2 aliphatic rings. The molecule has 17 heavy (non-hydrogen) atoms. The maximum absolute atomic E-state index is 5.52. The van der Waals surface area contributed by atoms with Crippen molar-refractivity contribution in [3.63, 3.8) is 0 Å². The van der Waals surface area contributed by atoms with E-state index in [0.29, 0.717) is 18.9 Å². The van der Waals surface area contributed by atoms with Gasteiger partial charge >= 0.3 is 0 Å². The lowest BCUT2D eigenvalue weighted by Crippen LogP contribution is -2.34. The molecule has 4 nitrogen and oxygen atoms in total. The number of nitrogens with one attached hydrogen (secondary N) is 1.